The van der Waals surface area contributed by atoms with Crippen molar-refractivity contribution in [3.05, 3.63) is 11.9 Å². The summed E-state index contributed by atoms with van der Waals surface area (Å²) in [6, 6.07) is 2.34. The Morgan fingerprint density at radius 3 is 2.76 bits per heavy atom. The minimum absolute atomic E-state index is 0.515. The maximum absolute atomic E-state index is 5.77. The van der Waals surface area contributed by atoms with Crippen LogP contribution in [0.25, 0.3) is 0 Å². The predicted molar refractivity (Wildman–Crippen MR) is 70.9 cm³/mol. The fraction of sp³-hybridized carbons (Fsp3) is 0.692. The van der Waals surface area contributed by atoms with Gasteiger partial charge >= 0.3 is 0 Å². The van der Waals surface area contributed by atoms with Gasteiger partial charge in [-0.25, -0.2) is 9.97 Å². The van der Waals surface area contributed by atoms with Gasteiger partial charge in [0.2, 0.25) is 0 Å². The van der Waals surface area contributed by atoms with Gasteiger partial charge in [0.15, 0.2) is 0 Å². The number of nitrogens with two attached hydrogens (primary N) is 1. The first-order chi connectivity index (χ1) is 8.21. The van der Waals surface area contributed by atoms with Crippen LogP contribution in [0.5, 0.6) is 0 Å². The number of hydrogen-bond acceptors (Lipinski definition) is 4. The molecule has 0 amide bonds. The molecule has 1 aromatic heterocycles. The molecular formula is C13H22N4. The predicted octanol–water partition coefficient (Wildman–Crippen LogP) is 2.61. The van der Waals surface area contributed by atoms with E-state index in [4.69, 9.17) is 5.73 Å². The molecule has 0 spiro atoms. The van der Waals surface area contributed by atoms with Crippen molar-refractivity contribution in [3.63, 3.8) is 0 Å². The van der Waals surface area contributed by atoms with Crippen molar-refractivity contribution in [2.45, 2.75) is 52.0 Å². The Balaban J connectivity index is 2.01. The molecule has 2 rings (SSSR count). The zero-order valence-corrected chi connectivity index (χ0v) is 10.7. The summed E-state index contributed by atoms with van der Waals surface area (Å²) >= 11 is 0. The molecule has 17 heavy (non-hydrogen) atoms. The van der Waals surface area contributed by atoms with Crippen LogP contribution in [-0.2, 0) is 6.42 Å². The molecule has 1 aliphatic rings. The van der Waals surface area contributed by atoms with Gasteiger partial charge in [0.05, 0.1) is 0 Å². The van der Waals surface area contributed by atoms with E-state index in [1.807, 2.05) is 13.0 Å². The second-order valence-electron chi connectivity index (χ2n) is 4.88. The molecule has 94 valence electrons. The normalized spacial score (nSPS) is 16.8. The molecule has 0 radical (unpaired) electrons. The number of hydrogen-bond donors (Lipinski definition) is 2. The summed E-state index contributed by atoms with van der Waals surface area (Å²) < 4.78 is 0. The van der Waals surface area contributed by atoms with Crippen LogP contribution in [-0.4, -0.2) is 16.0 Å². The average molecular weight is 234 g/mol. The third-order valence-corrected chi connectivity index (χ3v) is 3.27. The lowest BCUT2D eigenvalue weighted by Crippen LogP contribution is -2.20. The summed E-state index contributed by atoms with van der Waals surface area (Å²) in [5, 5.41) is 3.48. The van der Waals surface area contributed by atoms with E-state index in [9.17, 15) is 0 Å². The number of rotatable bonds is 6. The van der Waals surface area contributed by atoms with Crippen molar-refractivity contribution >= 4 is 11.6 Å². The molecule has 0 bridgehead atoms. The molecule has 1 unspecified atom stereocenters. The zero-order chi connectivity index (χ0) is 12.3. The Labute approximate surface area is 103 Å². The summed E-state index contributed by atoms with van der Waals surface area (Å²) in [7, 11) is 0. The first-order valence-electron chi connectivity index (χ1n) is 6.61. The topological polar surface area (TPSA) is 63.8 Å². The van der Waals surface area contributed by atoms with E-state index in [0.29, 0.717) is 11.9 Å². The van der Waals surface area contributed by atoms with Crippen molar-refractivity contribution < 1.29 is 0 Å². The molecule has 0 saturated heterocycles. The van der Waals surface area contributed by atoms with E-state index in [0.717, 1.165) is 30.4 Å². The third kappa shape index (κ3) is 3.58. The van der Waals surface area contributed by atoms with Gasteiger partial charge in [-0.1, -0.05) is 26.7 Å². The Hall–Kier alpha value is -1.32. The van der Waals surface area contributed by atoms with Crippen molar-refractivity contribution in [2.75, 3.05) is 11.1 Å². The van der Waals surface area contributed by atoms with Crippen LogP contribution < -0.4 is 11.1 Å². The molecule has 1 aliphatic carbocycles. The fourth-order valence-corrected chi connectivity index (χ4v) is 2.04. The smallest absolute Gasteiger partial charge is 0.132 e. The molecule has 1 saturated carbocycles. The first-order valence-corrected chi connectivity index (χ1v) is 6.61. The highest BCUT2D eigenvalue weighted by Crippen LogP contribution is 2.34. The lowest BCUT2D eigenvalue weighted by atomic mass is 10.1. The van der Waals surface area contributed by atoms with E-state index >= 15 is 0 Å². The van der Waals surface area contributed by atoms with Gasteiger partial charge in [0.1, 0.15) is 17.5 Å². The lowest BCUT2D eigenvalue weighted by Gasteiger charge is -2.17. The van der Waals surface area contributed by atoms with Crippen LogP contribution in [0.4, 0.5) is 11.6 Å². The minimum atomic E-state index is 0.515. The zero-order valence-electron chi connectivity index (χ0n) is 10.7. The number of aryl methyl sites for hydroxylation is 1. The Morgan fingerprint density at radius 1 is 1.41 bits per heavy atom. The summed E-state index contributed by atoms with van der Waals surface area (Å²) in [6.07, 6.45) is 5.98. The molecule has 1 aromatic rings. The van der Waals surface area contributed by atoms with Crippen molar-refractivity contribution in [1.29, 1.82) is 0 Å². The molecule has 1 heterocycles. The van der Waals surface area contributed by atoms with E-state index in [-0.39, 0.29) is 0 Å². The highest BCUT2D eigenvalue weighted by atomic mass is 15.1. The van der Waals surface area contributed by atoms with Crippen LogP contribution >= 0.6 is 0 Å². The largest absolute Gasteiger partial charge is 0.384 e. The number of nitrogen functional groups attached to an aromatic ring is 1. The average Bonchev–Trinajstić information content (AvgIpc) is 3.11. The summed E-state index contributed by atoms with van der Waals surface area (Å²) in [4.78, 5) is 8.65. The van der Waals surface area contributed by atoms with Crippen molar-refractivity contribution in [3.8, 4) is 0 Å². The van der Waals surface area contributed by atoms with Gasteiger partial charge in [0, 0.05) is 18.5 Å². The Kier molecular flexibility index (Phi) is 3.82. The SMILES string of the molecule is CCc1nc(N)cc(NC(CC)CC2CC2)n1. The van der Waals surface area contributed by atoms with Crippen LogP contribution in [0.3, 0.4) is 0 Å². The molecule has 3 N–H and O–H groups in total. The van der Waals surface area contributed by atoms with Crippen molar-refractivity contribution in [2.24, 2.45) is 5.92 Å². The fourth-order valence-electron chi connectivity index (χ4n) is 2.04. The molecule has 4 heteroatoms. The van der Waals surface area contributed by atoms with E-state index in [2.05, 4.69) is 22.2 Å². The maximum atomic E-state index is 5.77. The summed E-state index contributed by atoms with van der Waals surface area (Å²) in [5.41, 5.74) is 5.77. The maximum Gasteiger partial charge on any atom is 0.132 e. The van der Waals surface area contributed by atoms with E-state index in [1.54, 1.807) is 0 Å². The second-order valence-corrected chi connectivity index (χ2v) is 4.88. The second kappa shape index (κ2) is 5.34. The lowest BCUT2D eigenvalue weighted by molar-refractivity contribution is 0.584. The third-order valence-electron chi connectivity index (χ3n) is 3.27. The molecule has 1 fully saturated rings. The monoisotopic (exact) mass is 234 g/mol. The number of anilines is 2. The first kappa shape index (κ1) is 12.1. The Bertz CT molecular complexity index is 374. The summed E-state index contributed by atoms with van der Waals surface area (Å²) in [6.45, 7) is 4.26. The van der Waals surface area contributed by atoms with Crippen molar-refractivity contribution in [1.82, 2.24) is 9.97 Å². The highest BCUT2D eigenvalue weighted by molar-refractivity contribution is 5.45. The molecule has 4 nitrogen and oxygen atoms in total. The van der Waals surface area contributed by atoms with Gasteiger partial charge in [-0.3, -0.25) is 0 Å². The summed E-state index contributed by atoms with van der Waals surface area (Å²) in [5.74, 6) is 3.17. The highest BCUT2D eigenvalue weighted by Gasteiger charge is 2.24. The van der Waals surface area contributed by atoms with Gasteiger partial charge < -0.3 is 11.1 Å². The molecule has 0 aliphatic heterocycles. The van der Waals surface area contributed by atoms with Gasteiger partial charge in [-0.2, -0.15) is 0 Å². The van der Waals surface area contributed by atoms with Gasteiger partial charge in [-0.05, 0) is 18.8 Å². The quantitative estimate of drug-likeness (QED) is 0.794. The standard InChI is InChI=1S/C13H22N4/c1-3-10(7-9-5-6-9)15-13-8-11(14)16-12(4-2)17-13/h8-10H,3-7H2,1-2H3,(H3,14,15,16,17). The van der Waals surface area contributed by atoms with Crippen LogP contribution in [0, 0.1) is 5.92 Å². The molecule has 0 aromatic carbocycles. The number of nitrogens with one attached hydrogen (secondary N) is 1. The van der Waals surface area contributed by atoms with Crippen LogP contribution in [0.1, 0.15) is 45.4 Å². The number of nitrogens with zero attached hydrogens (tertiary/aromatic N) is 2. The molecule has 1 atom stereocenters. The minimum Gasteiger partial charge on any atom is -0.384 e. The molecular weight excluding hydrogens is 212 g/mol. The van der Waals surface area contributed by atoms with E-state index < -0.39 is 0 Å². The number of aromatic nitrogens is 2. The Morgan fingerprint density at radius 2 is 2.18 bits per heavy atom. The van der Waals surface area contributed by atoms with Crippen LogP contribution in [0.2, 0.25) is 0 Å². The van der Waals surface area contributed by atoms with Gasteiger partial charge in [-0.15, -0.1) is 0 Å². The van der Waals surface area contributed by atoms with E-state index in [1.165, 1.54) is 19.3 Å². The van der Waals surface area contributed by atoms with Gasteiger partial charge in [0.25, 0.3) is 0 Å². The van der Waals surface area contributed by atoms with Crippen LogP contribution in [0.15, 0.2) is 6.07 Å².